The van der Waals surface area contributed by atoms with Crippen molar-refractivity contribution in [1.82, 2.24) is 0 Å². The number of hydrogen-bond donors (Lipinski definition) is 1. The van der Waals surface area contributed by atoms with Crippen LogP contribution in [0.25, 0.3) is 0 Å². The van der Waals surface area contributed by atoms with Crippen molar-refractivity contribution in [3.63, 3.8) is 0 Å². The van der Waals surface area contributed by atoms with Gasteiger partial charge in [0.05, 0.1) is 12.7 Å². The lowest BCUT2D eigenvalue weighted by Crippen LogP contribution is -2.34. The Labute approximate surface area is 94.6 Å². The van der Waals surface area contributed by atoms with Gasteiger partial charge in [-0.15, -0.1) is 0 Å². The molecule has 0 amide bonds. The summed E-state index contributed by atoms with van der Waals surface area (Å²) < 4.78 is 5.92. The second-order valence-corrected chi connectivity index (χ2v) is 5.00. The van der Waals surface area contributed by atoms with E-state index in [1.54, 1.807) is 0 Å². The van der Waals surface area contributed by atoms with E-state index < -0.39 is 0 Å². The summed E-state index contributed by atoms with van der Waals surface area (Å²) in [5, 5.41) is 0. The third kappa shape index (κ3) is 4.98. The van der Waals surface area contributed by atoms with Crippen LogP contribution in [0.4, 0.5) is 0 Å². The van der Waals surface area contributed by atoms with E-state index >= 15 is 0 Å². The molecule has 1 rings (SSSR count). The van der Waals surface area contributed by atoms with Crippen LogP contribution in [0.5, 0.6) is 0 Å². The van der Waals surface area contributed by atoms with Gasteiger partial charge < -0.3 is 10.5 Å². The molecule has 0 spiro atoms. The first-order valence-corrected chi connectivity index (χ1v) is 6.61. The molecule has 1 fully saturated rings. The van der Waals surface area contributed by atoms with E-state index in [-0.39, 0.29) is 6.04 Å². The molecule has 0 radical (unpaired) electrons. The molecule has 2 N–H and O–H groups in total. The first-order chi connectivity index (χ1) is 7.24. The molecule has 2 heteroatoms. The van der Waals surface area contributed by atoms with Crippen molar-refractivity contribution in [2.45, 2.75) is 70.9 Å². The Hall–Kier alpha value is -0.0800. The first-order valence-electron chi connectivity index (χ1n) is 6.61. The zero-order chi connectivity index (χ0) is 11.1. The second-order valence-electron chi connectivity index (χ2n) is 5.00. The van der Waals surface area contributed by atoms with Gasteiger partial charge in [0.2, 0.25) is 0 Å². The third-order valence-electron chi connectivity index (χ3n) is 3.70. The van der Waals surface area contributed by atoms with Gasteiger partial charge in [-0.05, 0) is 18.8 Å². The Balaban J connectivity index is 2.17. The summed E-state index contributed by atoms with van der Waals surface area (Å²) in [5.74, 6) is 0.579. The van der Waals surface area contributed by atoms with Crippen molar-refractivity contribution in [2.24, 2.45) is 11.7 Å². The van der Waals surface area contributed by atoms with Gasteiger partial charge in [0.15, 0.2) is 0 Å². The Morgan fingerprint density at radius 3 is 2.33 bits per heavy atom. The summed E-state index contributed by atoms with van der Waals surface area (Å²) in [6.45, 7) is 5.15. The molecule has 2 atom stereocenters. The maximum absolute atomic E-state index is 6.06. The smallest absolute Gasteiger partial charge is 0.0623 e. The molecule has 0 aliphatic heterocycles. The molecule has 1 aliphatic rings. The largest absolute Gasteiger partial charge is 0.377 e. The highest BCUT2D eigenvalue weighted by molar-refractivity contribution is 4.70. The van der Waals surface area contributed by atoms with Gasteiger partial charge in [-0.2, -0.15) is 0 Å². The summed E-state index contributed by atoms with van der Waals surface area (Å²) in [5.41, 5.74) is 6.06. The average molecular weight is 213 g/mol. The number of ether oxygens (including phenoxy) is 1. The van der Waals surface area contributed by atoms with Crippen molar-refractivity contribution in [2.75, 3.05) is 6.61 Å². The van der Waals surface area contributed by atoms with Crippen molar-refractivity contribution in [1.29, 1.82) is 0 Å². The van der Waals surface area contributed by atoms with Crippen LogP contribution < -0.4 is 5.73 Å². The highest BCUT2D eigenvalue weighted by Crippen LogP contribution is 2.20. The van der Waals surface area contributed by atoms with Crippen molar-refractivity contribution < 1.29 is 4.74 Å². The quantitative estimate of drug-likeness (QED) is 0.712. The van der Waals surface area contributed by atoms with Crippen LogP contribution in [0.2, 0.25) is 0 Å². The summed E-state index contributed by atoms with van der Waals surface area (Å²) in [7, 11) is 0. The average Bonchev–Trinajstić information content (AvgIpc) is 2.53. The molecule has 1 saturated carbocycles. The SMILES string of the molecule is CCC(C)C(N)COC1CCCCCC1. The maximum Gasteiger partial charge on any atom is 0.0623 e. The molecule has 0 heterocycles. The molecule has 0 aromatic heterocycles. The first kappa shape index (κ1) is 13.0. The van der Waals surface area contributed by atoms with Gasteiger partial charge in [0, 0.05) is 6.04 Å². The summed E-state index contributed by atoms with van der Waals surface area (Å²) in [4.78, 5) is 0. The Morgan fingerprint density at radius 1 is 1.20 bits per heavy atom. The minimum Gasteiger partial charge on any atom is -0.377 e. The van der Waals surface area contributed by atoms with E-state index in [0.29, 0.717) is 12.0 Å². The summed E-state index contributed by atoms with van der Waals surface area (Å²) in [6, 6.07) is 0.221. The molecule has 15 heavy (non-hydrogen) atoms. The summed E-state index contributed by atoms with van der Waals surface area (Å²) in [6.07, 6.45) is 9.57. The van der Waals surface area contributed by atoms with Gasteiger partial charge in [-0.1, -0.05) is 46.0 Å². The Bertz CT molecular complexity index is 153. The predicted molar refractivity (Wildman–Crippen MR) is 64.9 cm³/mol. The van der Waals surface area contributed by atoms with Crippen LogP contribution in [0.15, 0.2) is 0 Å². The van der Waals surface area contributed by atoms with Gasteiger partial charge in [0.1, 0.15) is 0 Å². The highest BCUT2D eigenvalue weighted by atomic mass is 16.5. The van der Waals surface area contributed by atoms with Crippen molar-refractivity contribution in [3.05, 3.63) is 0 Å². The van der Waals surface area contributed by atoms with E-state index in [4.69, 9.17) is 10.5 Å². The lowest BCUT2D eigenvalue weighted by Gasteiger charge is -2.22. The maximum atomic E-state index is 6.06. The lowest BCUT2D eigenvalue weighted by atomic mass is 10.0. The monoisotopic (exact) mass is 213 g/mol. The molecule has 0 aromatic carbocycles. The molecule has 90 valence electrons. The number of rotatable bonds is 5. The van der Waals surface area contributed by atoms with Gasteiger partial charge in [-0.25, -0.2) is 0 Å². The fourth-order valence-corrected chi connectivity index (χ4v) is 2.12. The van der Waals surface area contributed by atoms with Gasteiger partial charge in [-0.3, -0.25) is 0 Å². The summed E-state index contributed by atoms with van der Waals surface area (Å²) >= 11 is 0. The standard InChI is InChI=1S/C13H27NO/c1-3-11(2)13(14)10-15-12-8-6-4-5-7-9-12/h11-13H,3-10,14H2,1-2H3. The second kappa shape index (κ2) is 7.24. The molecule has 0 saturated heterocycles. The van der Waals surface area contributed by atoms with Crippen LogP contribution in [0, 0.1) is 5.92 Å². The minimum absolute atomic E-state index is 0.221. The lowest BCUT2D eigenvalue weighted by molar-refractivity contribution is 0.0270. The van der Waals surface area contributed by atoms with E-state index in [0.717, 1.165) is 13.0 Å². The third-order valence-corrected chi connectivity index (χ3v) is 3.70. The van der Waals surface area contributed by atoms with Crippen LogP contribution in [0.1, 0.15) is 58.8 Å². The Morgan fingerprint density at radius 2 is 1.80 bits per heavy atom. The molecule has 1 aliphatic carbocycles. The number of hydrogen-bond acceptors (Lipinski definition) is 2. The van der Waals surface area contributed by atoms with Crippen molar-refractivity contribution >= 4 is 0 Å². The zero-order valence-corrected chi connectivity index (χ0v) is 10.4. The van der Waals surface area contributed by atoms with Gasteiger partial charge in [0.25, 0.3) is 0 Å². The van der Waals surface area contributed by atoms with Crippen LogP contribution >= 0.6 is 0 Å². The topological polar surface area (TPSA) is 35.2 Å². The van der Waals surface area contributed by atoms with Crippen molar-refractivity contribution in [3.8, 4) is 0 Å². The zero-order valence-electron chi connectivity index (χ0n) is 10.4. The van der Waals surface area contributed by atoms with Crippen LogP contribution in [-0.4, -0.2) is 18.8 Å². The number of nitrogens with two attached hydrogens (primary N) is 1. The van der Waals surface area contributed by atoms with E-state index in [9.17, 15) is 0 Å². The van der Waals surface area contributed by atoms with Gasteiger partial charge >= 0.3 is 0 Å². The fraction of sp³-hybridized carbons (Fsp3) is 1.00. The van der Waals surface area contributed by atoms with Crippen LogP contribution in [-0.2, 0) is 4.74 Å². The van der Waals surface area contributed by atoms with E-state index in [1.807, 2.05) is 0 Å². The van der Waals surface area contributed by atoms with Crippen LogP contribution in [0.3, 0.4) is 0 Å². The molecule has 2 unspecified atom stereocenters. The normalized spacial score (nSPS) is 23.4. The predicted octanol–water partition coefficient (Wildman–Crippen LogP) is 3.10. The fourth-order valence-electron chi connectivity index (χ4n) is 2.12. The molecular formula is C13H27NO. The highest BCUT2D eigenvalue weighted by Gasteiger charge is 2.16. The van der Waals surface area contributed by atoms with E-state index in [1.165, 1.54) is 38.5 Å². The Kier molecular flexibility index (Phi) is 6.26. The molecule has 0 aromatic rings. The molecular weight excluding hydrogens is 186 g/mol. The molecule has 2 nitrogen and oxygen atoms in total. The van der Waals surface area contributed by atoms with E-state index in [2.05, 4.69) is 13.8 Å². The molecule has 0 bridgehead atoms. The minimum atomic E-state index is 0.221.